The van der Waals surface area contributed by atoms with Crippen molar-refractivity contribution in [3.05, 3.63) is 70.4 Å². The van der Waals surface area contributed by atoms with Crippen LogP contribution in [-0.2, 0) is 16.8 Å². The number of ether oxygens (including phenoxy) is 1. The van der Waals surface area contributed by atoms with Crippen molar-refractivity contribution in [3.63, 3.8) is 0 Å². The van der Waals surface area contributed by atoms with Crippen LogP contribution in [0.25, 0.3) is 27.5 Å². The zero-order valence-corrected chi connectivity index (χ0v) is 15.5. The van der Waals surface area contributed by atoms with Crippen molar-refractivity contribution < 1.29 is 9.13 Å². The van der Waals surface area contributed by atoms with Crippen LogP contribution in [0.15, 0.2) is 53.5 Å². The first-order chi connectivity index (χ1) is 12.7. The molecule has 4 aromatic rings. The molecule has 0 spiro atoms. The molecule has 0 radical (unpaired) electrons. The van der Waals surface area contributed by atoms with Crippen LogP contribution in [0.5, 0.6) is 0 Å². The Bertz CT molecular complexity index is 1170. The number of hydrogen-bond acceptors (Lipinski definition) is 3. The molecule has 4 rings (SSSR count). The number of aromatic nitrogens is 3. The first kappa shape index (κ1) is 16.9. The summed E-state index contributed by atoms with van der Waals surface area (Å²) in [5.74, 6) is -0.321. The summed E-state index contributed by atoms with van der Waals surface area (Å²) in [7, 11) is 1.56. The van der Waals surface area contributed by atoms with Crippen LogP contribution in [0.4, 0.5) is 4.39 Å². The number of fused-ring (bicyclic) bond motifs is 3. The molecule has 7 heteroatoms. The van der Waals surface area contributed by atoms with Gasteiger partial charge in [0.2, 0.25) is 0 Å². The van der Waals surface area contributed by atoms with Gasteiger partial charge in [-0.1, -0.05) is 34.1 Å². The largest absolute Gasteiger partial charge is 0.364 e. The van der Waals surface area contributed by atoms with E-state index in [-0.39, 0.29) is 18.1 Å². The van der Waals surface area contributed by atoms with E-state index in [0.29, 0.717) is 32.9 Å². The number of rotatable bonds is 4. The van der Waals surface area contributed by atoms with Crippen LogP contribution in [0.1, 0.15) is 5.56 Å². The molecule has 0 aliphatic rings. The number of halogens is 2. The highest BCUT2D eigenvalue weighted by atomic mass is 79.9. The predicted octanol–water partition coefficient (Wildman–Crippen LogP) is 3.98. The van der Waals surface area contributed by atoms with Gasteiger partial charge in [-0.2, -0.15) is 9.78 Å². The van der Waals surface area contributed by atoms with Gasteiger partial charge in [0.15, 0.2) is 0 Å². The molecule has 0 saturated heterocycles. The van der Waals surface area contributed by atoms with Crippen LogP contribution in [0.3, 0.4) is 0 Å². The van der Waals surface area contributed by atoms with E-state index in [1.165, 1.54) is 10.7 Å². The van der Waals surface area contributed by atoms with Gasteiger partial charge in [-0.05, 0) is 24.3 Å². The molecule has 26 heavy (non-hydrogen) atoms. The molecule has 0 atom stereocenters. The Balaban J connectivity index is 2.17. The number of hydrogen-bond donors (Lipinski definition) is 0. The second-order valence-corrected chi connectivity index (χ2v) is 6.42. The lowest BCUT2D eigenvalue weighted by atomic mass is 10.1. The summed E-state index contributed by atoms with van der Waals surface area (Å²) in [6.45, 7) is 0.182. The number of methoxy groups -OCH3 is 1. The van der Waals surface area contributed by atoms with Crippen molar-refractivity contribution in [1.82, 2.24) is 14.3 Å². The summed E-state index contributed by atoms with van der Waals surface area (Å²) >= 11 is 3.35. The molecule has 0 N–H and O–H groups in total. The zero-order valence-electron chi connectivity index (χ0n) is 13.9. The average molecular weight is 416 g/mol. The van der Waals surface area contributed by atoms with E-state index in [1.54, 1.807) is 23.9 Å². The average Bonchev–Trinajstić information content (AvgIpc) is 2.98. The van der Waals surface area contributed by atoms with Crippen molar-refractivity contribution in [2.75, 3.05) is 7.11 Å². The molecule has 0 fully saturated rings. The van der Waals surface area contributed by atoms with Crippen molar-refractivity contribution in [2.45, 2.75) is 12.1 Å². The molecule has 0 saturated carbocycles. The van der Waals surface area contributed by atoms with Gasteiger partial charge in [0.05, 0.1) is 17.4 Å². The third-order valence-corrected chi connectivity index (χ3v) is 4.97. The molecule has 0 aliphatic carbocycles. The quantitative estimate of drug-likeness (QED) is 0.473. The Morgan fingerprint density at radius 1 is 1.19 bits per heavy atom. The fraction of sp³-hybridized carbons (Fsp3) is 0.158. The number of nitrogens with zero attached hydrogens (tertiary/aromatic N) is 3. The van der Waals surface area contributed by atoms with Gasteiger partial charge in [-0.3, -0.25) is 4.79 Å². The first-order valence-electron chi connectivity index (χ1n) is 7.99. The lowest BCUT2D eigenvalue weighted by molar-refractivity contribution is 0.138. The van der Waals surface area contributed by atoms with E-state index in [1.807, 2.05) is 30.3 Å². The van der Waals surface area contributed by atoms with E-state index < -0.39 is 0 Å². The third-order valence-electron chi connectivity index (χ3n) is 4.41. The molecule has 132 valence electrons. The van der Waals surface area contributed by atoms with Crippen LogP contribution in [0.2, 0.25) is 0 Å². The van der Waals surface area contributed by atoms with Gasteiger partial charge in [0.1, 0.15) is 18.1 Å². The maximum absolute atomic E-state index is 14.3. The predicted molar refractivity (Wildman–Crippen MR) is 102 cm³/mol. The van der Waals surface area contributed by atoms with E-state index in [0.717, 1.165) is 5.52 Å². The lowest BCUT2D eigenvalue weighted by Crippen LogP contribution is -2.23. The van der Waals surface area contributed by atoms with Crippen molar-refractivity contribution in [3.8, 4) is 5.69 Å². The summed E-state index contributed by atoms with van der Waals surface area (Å²) < 4.78 is 22.7. The van der Waals surface area contributed by atoms with Crippen LogP contribution >= 0.6 is 15.9 Å². The summed E-state index contributed by atoms with van der Waals surface area (Å²) in [5, 5.41) is 5.95. The summed E-state index contributed by atoms with van der Waals surface area (Å²) in [6, 6.07) is 12.3. The van der Waals surface area contributed by atoms with E-state index in [4.69, 9.17) is 4.74 Å². The van der Waals surface area contributed by atoms with Crippen molar-refractivity contribution in [2.24, 2.45) is 0 Å². The van der Waals surface area contributed by atoms with Gasteiger partial charge < -0.3 is 9.30 Å². The minimum atomic E-state index is -0.321. The molecular weight excluding hydrogens is 401 g/mol. The first-order valence-corrected chi connectivity index (χ1v) is 9.11. The number of para-hydroxylation sites is 1. The number of alkyl halides is 1. The normalized spacial score (nSPS) is 11.5. The van der Waals surface area contributed by atoms with Crippen LogP contribution < -0.4 is 5.56 Å². The molecule has 5 nitrogen and oxygen atoms in total. The van der Waals surface area contributed by atoms with Gasteiger partial charge in [-0.25, -0.2) is 4.39 Å². The van der Waals surface area contributed by atoms with Gasteiger partial charge >= 0.3 is 0 Å². The SMILES string of the molecule is COCn1c2ccc(F)c(CBr)c2c2cnn(-c3ccccc3)c(=O)c21. The Morgan fingerprint density at radius 2 is 1.96 bits per heavy atom. The van der Waals surface area contributed by atoms with Crippen molar-refractivity contribution in [1.29, 1.82) is 0 Å². The molecule has 0 bridgehead atoms. The second kappa shape index (κ2) is 6.66. The van der Waals surface area contributed by atoms with E-state index in [9.17, 15) is 9.18 Å². The van der Waals surface area contributed by atoms with Gasteiger partial charge in [-0.15, -0.1) is 0 Å². The maximum atomic E-state index is 14.3. The fourth-order valence-electron chi connectivity index (χ4n) is 3.29. The van der Waals surface area contributed by atoms with E-state index in [2.05, 4.69) is 21.0 Å². The lowest BCUT2D eigenvalue weighted by Gasteiger charge is -2.07. The molecule has 2 aromatic heterocycles. The number of benzene rings is 2. The molecule has 0 unspecified atom stereocenters. The summed E-state index contributed by atoms with van der Waals surface area (Å²) in [5.41, 5.74) is 2.07. The molecule has 0 amide bonds. The fourth-order valence-corrected chi connectivity index (χ4v) is 3.84. The Hall–Kier alpha value is -2.51. The monoisotopic (exact) mass is 415 g/mol. The third kappa shape index (κ3) is 2.47. The topological polar surface area (TPSA) is 49.0 Å². The Kier molecular flexibility index (Phi) is 4.34. The summed E-state index contributed by atoms with van der Waals surface area (Å²) in [6.07, 6.45) is 1.61. The second-order valence-electron chi connectivity index (χ2n) is 5.86. The minimum absolute atomic E-state index is 0.182. The summed E-state index contributed by atoms with van der Waals surface area (Å²) in [4.78, 5) is 13.2. The molecule has 2 aromatic carbocycles. The smallest absolute Gasteiger partial charge is 0.296 e. The molecule has 0 aliphatic heterocycles. The highest BCUT2D eigenvalue weighted by Crippen LogP contribution is 2.32. The Labute approximate surface area is 156 Å². The minimum Gasteiger partial charge on any atom is -0.364 e. The maximum Gasteiger partial charge on any atom is 0.296 e. The zero-order chi connectivity index (χ0) is 18.3. The standard InChI is InChI=1S/C19H15BrFN3O2/c1-26-11-23-16-8-7-15(21)13(9-20)17(16)14-10-22-24(19(25)18(14)23)12-5-3-2-4-6-12/h2-8,10H,9,11H2,1H3. The van der Waals surface area contributed by atoms with Crippen LogP contribution in [0, 0.1) is 5.82 Å². The highest BCUT2D eigenvalue weighted by Gasteiger charge is 2.20. The van der Waals surface area contributed by atoms with Crippen LogP contribution in [-0.4, -0.2) is 21.5 Å². The van der Waals surface area contributed by atoms with Gasteiger partial charge in [0.25, 0.3) is 5.56 Å². The highest BCUT2D eigenvalue weighted by molar-refractivity contribution is 9.08. The van der Waals surface area contributed by atoms with E-state index >= 15 is 0 Å². The van der Waals surface area contributed by atoms with Gasteiger partial charge in [0, 0.05) is 28.8 Å². The Morgan fingerprint density at radius 3 is 2.65 bits per heavy atom. The molecular formula is C19H15BrFN3O2. The molecule has 2 heterocycles. The van der Waals surface area contributed by atoms with Crippen molar-refractivity contribution >= 4 is 37.7 Å².